The zero-order chi connectivity index (χ0) is 18.4. The molecule has 0 heterocycles. The summed E-state index contributed by atoms with van der Waals surface area (Å²) in [6.07, 6.45) is 1.09. The minimum Gasteiger partial charge on any atom is -0.484 e. The highest BCUT2D eigenvalue weighted by atomic mass is 32.2. The molecule has 0 radical (unpaired) electrons. The van der Waals surface area contributed by atoms with Gasteiger partial charge in [0.2, 0.25) is 10.0 Å². The van der Waals surface area contributed by atoms with Crippen molar-refractivity contribution in [3.63, 3.8) is 0 Å². The monoisotopic (exact) mass is 362 g/mol. The number of rotatable bonds is 7. The number of ether oxygens (including phenoxy) is 1. The van der Waals surface area contributed by atoms with Gasteiger partial charge in [0.15, 0.2) is 6.61 Å². The van der Waals surface area contributed by atoms with Gasteiger partial charge in [-0.25, -0.2) is 8.42 Å². The van der Waals surface area contributed by atoms with Crippen LogP contribution in [-0.2, 0) is 14.8 Å². The molecule has 0 fully saturated rings. The van der Waals surface area contributed by atoms with Crippen molar-refractivity contribution in [3.05, 3.63) is 59.7 Å². The number of hydrogen-bond acceptors (Lipinski definition) is 4. The fraction of sp³-hybridized carbons (Fsp3) is 0.278. The Morgan fingerprint density at radius 1 is 1.16 bits per heavy atom. The lowest BCUT2D eigenvalue weighted by molar-refractivity contribution is -0.123. The van der Waals surface area contributed by atoms with Gasteiger partial charge < -0.3 is 10.1 Å². The maximum absolute atomic E-state index is 12.1. The molecule has 7 heteroatoms. The number of anilines is 1. The highest BCUT2D eigenvalue weighted by Gasteiger charge is 2.11. The average molecular weight is 362 g/mol. The molecule has 0 saturated carbocycles. The Bertz CT molecular complexity index is 850. The molecule has 1 atom stereocenters. The van der Waals surface area contributed by atoms with Gasteiger partial charge in [0.25, 0.3) is 5.91 Å². The molecule has 0 aromatic heterocycles. The molecule has 2 N–H and O–H groups in total. The molecular formula is C18H22N2O4S. The molecule has 0 aliphatic rings. The third-order valence-electron chi connectivity index (χ3n) is 3.43. The van der Waals surface area contributed by atoms with Crippen LogP contribution in [0.5, 0.6) is 5.75 Å². The van der Waals surface area contributed by atoms with E-state index in [-0.39, 0.29) is 18.6 Å². The fourth-order valence-corrected chi connectivity index (χ4v) is 2.86. The minimum atomic E-state index is -3.34. The van der Waals surface area contributed by atoms with Crippen LogP contribution in [-0.4, -0.2) is 27.2 Å². The van der Waals surface area contributed by atoms with E-state index >= 15 is 0 Å². The fourth-order valence-electron chi connectivity index (χ4n) is 2.31. The summed E-state index contributed by atoms with van der Waals surface area (Å²) in [6, 6.07) is 14.1. The van der Waals surface area contributed by atoms with E-state index in [0.29, 0.717) is 11.4 Å². The number of carbonyl (C=O) groups is 1. The minimum absolute atomic E-state index is 0.0882. The molecule has 2 rings (SSSR count). The summed E-state index contributed by atoms with van der Waals surface area (Å²) in [6.45, 7) is 3.69. The first-order valence-electron chi connectivity index (χ1n) is 7.79. The summed E-state index contributed by atoms with van der Waals surface area (Å²) in [5, 5.41) is 2.83. The summed E-state index contributed by atoms with van der Waals surface area (Å²) in [5.41, 5.74) is 2.30. The molecule has 1 amide bonds. The smallest absolute Gasteiger partial charge is 0.258 e. The summed E-state index contributed by atoms with van der Waals surface area (Å²) >= 11 is 0. The lowest BCUT2D eigenvalue weighted by atomic mass is 10.1. The quantitative estimate of drug-likeness (QED) is 0.793. The Hall–Kier alpha value is -2.54. The van der Waals surface area contributed by atoms with E-state index in [1.807, 2.05) is 38.1 Å². The van der Waals surface area contributed by atoms with Crippen molar-refractivity contribution in [2.45, 2.75) is 19.9 Å². The van der Waals surface area contributed by atoms with Gasteiger partial charge in [0, 0.05) is 5.69 Å². The second-order valence-corrected chi connectivity index (χ2v) is 7.64. The number of hydrogen-bond donors (Lipinski definition) is 2. The highest BCUT2D eigenvalue weighted by molar-refractivity contribution is 7.92. The Morgan fingerprint density at radius 3 is 2.56 bits per heavy atom. The van der Waals surface area contributed by atoms with Crippen LogP contribution < -0.4 is 14.8 Å². The first-order valence-corrected chi connectivity index (χ1v) is 9.69. The second-order valence-electron chi connectivity index (χ2n) is 5.89. The van der Waals surface area contributed by atoms with Crippen molar-refractivity contribution in [2.75, 3.05) is 17.6 Å². The van der Waals surface area contributed by atoms with Crippen LogP contribution in [0, 0.1) is 6.92 Å². The Labute approximate surface area is 148 Å². The van der Waals surface area contributed by atoms with Gasteiger partial charge in [-0.15, -0.1) is 0 Å². The van der Waals surface area contributed by atoms with E-state index in [0.717, 1.165) is 17.4 Å². The zero-order valence-corrected chi connectivity index (χ0v) is 15.3. The van der Waals surface area contributed by atoms with Gasteiger partial charge in [-0.1, -0.05) is 24.3 Å². The van der Waals surface area contributed by atoms with E-state index in [9.17, 15) is 13.2 Å². The number of carbonyl (C=O) groups excluding carboxylic acids is 1. The third-order valence-corrected chi connectivity index (χ3v) is 4.03. The molecular weight excluding hydrogens is 340 g/mol. The van der Waals surface area contributed by atoms with Crippen molar-refractivity contribution in [1.29, 1.82) is 0 Å². The van der Waals surface area contributed by atoms with Crippen molar-refractivity contribution in [2.24, 2.45) is 0 Å². The molecule has 0 spiro atoms. The lowest BCUT2D eigenvalue weighted by Gasteiger charge is -2.16. The van der Waals surface area contributed by atoms with E-state index in [4.69, 9.17) is 4.74 Å². The number of benzene rings is 2. The van der Waals surface area contributed by atoms with Crippen LogP contribution in [0.2, 0.25) is 0 Å². The molecule has 0 bridgehead atoms. The highest BCUT2D eigenvalue weighted by Crippen LogP contribution is 2.18. The number of nitrogens with one attached hydrogen (secondary N) is 2. The maximum Gasteiger partial charge on any atom is 0.258 e. The van der Waals surface area contributed by atoms with E-state index in [1.165, 1.54) is 0 Å². The number of sulfonamides is 1. The number of amides is 1. The summed E-state index contributed by atoms with van der Waals surface area (Å²) in [4.78, 5) is 12.1. The van der Waals surface area contributed by atoms with Crippen LogP contribution in [0.4, 0.5) is 5.69 Å². The first kappa shape index (κ1) is 18.8. The van der Waals surface area contributed by atoms with E-state index in [1.54, 1.807) is 24.3 Å². The van der Waals surface area contributed by atoms with Gasteiger partial charge >= 0.3 is 0 Å². The topological polar surface area (TPSA) is 84.5 Å². The third kappa shape index (κ3) is 6.46. The largest absolute Gasteiger partial charge is 0.484 e. The number of aryl methyl sites for hydroxylation is 1. The summed E-state index contributed by atoms with van der Waals surface area (Å²) in [5.74, 6) is 0.387. The van der Waals surface area contributed by atoms with Gasteiger partial charge in [-0.05, 0) is 49.2 Å². The molecule has 0 aliphatic carbocycles. The van der Waals surface area contributed by atoms with Crippen molar-refractivity contribution < 1.29 is 17.9 Å². The molecule has 2 aromatic rings. The summed E-state index contributed by atoms with van der Waals surface area (Å²) in [7, 11) is -3.34. The van der Waals surface area contributed by atoms with Gasteiger partial charge in [0.05, 0.1) is 12.3 Å². The molecule has 2 aromatic carbocycles. The average Bonchev–Trinajstić information content (AvgIpc) is 2.51. The standard InChI is InChI=1S/C18H22N2O4S/c1-13-6-4-9-17(10-13)24-12-18(21)19-14(2)15-7-5-8-16(11-15)20-25(3,22)23/h4-11,14,20H,12H2,1-3H3,(H,19,21)/t14-/m1/s1. The van der Waals surface area contributed by atoms with Crippen LogP contribution >= 0.6 is 0 Å². The molecule has 134 valence electrons. The van der Waals surface area contributed by atoms with E-state index < -0.39 is 10.0 Å². The van der Waals surface area contributed by atoms with Crippen molar-refractivity contribution in [1.82, 2.24) is 5.32 Å². The lowest BCUT2D eigenvalue weighted by Crippen LogP contribution is -2.31. The molecule has 0 aliphatic heterocycles. The van der Waals surface area contributed by atoms with E-state index in [2.05, 4.69) is 10.0 Å². The SMILES string of the molecule is Cc1cccc(OCC(=O)N[C@H](C)c2cccc(NS(C)(=O)=O)c2)c1. The van der Waals surface area contributed by atoms with Crippen LogP contribution in [0.15, 0.2) is 48.5 Å². The van der Waals surface area contributed by atoms with Crippen LogP contribution in [0.25, 0.3) is 0 Å². The van der Waals surface area contributed by atoms with Crippen molar-refractivity contribution >= 4 is 21.6 Å². The molecule has 6 nitrogen and oxygen atoms in total. The normalized spacial score (nSPS) is 12.3. The molecule has 25 heavy (non-hydrogen) atoms. The molecule has 0 saturated heterocycles. The predicted molar refractivity (Wildman–Crippen MR) is 98.1 cm³/mol. The Kier molecular flexibility index (Phi) is 6.03. The van der Waals surface area contributed by atoms with Crippen molar-refractivity contribution in [3.8, 4) is 5.75 Å². The maximum atomic E-state index is 12.1. The van der Waals surface area contributed by atoms with Gasteiger partial charge in [0.1, 0.15) is 5.75 Å². The van der Waals surface area contributed by atoms with Crippen LogP contribution in [0.1, 0.15) is 24.1 Å². The van der Waals surface area contributed by atoms with Gasteiger partial charge in [-0.2, -0.15) is 0 Å². The Morgan fingerprint density at radius 2 is 1.88 bits per heavy atom. The van der Waals surface area contributed by atoms with Gasteiger partial charge in [-0.3, -0.25) is 9.52 Å². The van der Waals surface area contributed by atoms with Crippen LogP contribution in [0.3, 0.4) is 0 Å². The predicted octanol–water partition coefficient (Wildman–Crippen LogP) is 2.62. The Balaban J connectivity index is 1.93. The molecule has 0 unspecified atom stereocenters. The second kappa shape index (κ2) is 8.02. The first-order chi connectivity index (χ1) is 11.7. The zero-order valence-electron chi connectivity index (χ0n) is 14.4. The summed E-state index contributed by atoms with van der Waals surface area (Å²) < 4.78 is 30.5.